The third-order valence-electron chi connectivity index (χ3n) is 6.55. The van der Waals surface area contributed by atoms with Crippen LogP contribution in [0.25, 0.3) is 5.57 Å². The Balaban J connectivity index is 3.11. The molecule has 33 heavy (non-hydrogen) atoms. The standard InChI is InChI=1S/C29H44O4/c1-25(2,3)17-13-14-18(20(15-17)26(4,5)6)22-19(24(30)31)16-21(27(7,8)9)29(32,33)23(22)28(10,11)12/h13-16,23,32-33H,1-12H3,(H,30,31). The quantitative estimate of drug-likeness (QED) is 0.447. The van der Waals surface area contributed by atoms with Crippen LogP contribution in [0.3, 0.4) is 0 Å². The number of hydrogen-bond acceptors (Lipinski definition) is 3. The Kier molecular flexibility index (Phi) is 6.70. The third kappa shape index (κ3) is 5.27. The van der Waals surface area contributed by atoms with Gasteiger partial charge in [0.15, 0.2) is 5.79 Å². The maximum atomic E-state index is 12.6. The van der Waals surface area contributed by atoms with Gasteiger partial charge in [-0.2, -0.15) is 0 Å². The molecule has 0 aliphatic heterocycles. The van der Waals surface area contributed by atoms with E-state index in [1.54, 1.807) is 0 Å². The Bertz CT molecular complexity index is 994. The number of rotatable bonds is 2. The zero-order valence-corrected chi connectivity index (χ0v) is 22.6. The van der Waals surface area contributed by atoms with E-state index in [9.17, 15) is 20.1 Å². The number of carbonyl (C=O) groups is 1. The molecule has 0 bridgehead atoms. The van der Waals surface area contributed by atoms with Gasteiger partial charge in [0.2, 0.25) is 0 Å². The van der Waals surface area contributed by atoms with Crippen LogP contribution in [0.5, 0.6) is 0 Å². The first-order valence-electron chi connectivity index (χ1n) is 11.8. The molecule has 0 amide bonds. The van der Waals surface area contributed by atoms with Crippen molar-refractivity contribution in [3.8, 4) is 0 Å². The van der Waals surface area contributed by atoms with Crippen molar-refractivity contribution >= 4 is 11.5 Å². The molecule has 3 N–H and O–H groups in total. The van der Waals surface area contributed by atoms with E-state index in [2.05, 4.69) is 47.6 Å². The largest absolute Gasteiger partial charge is 0.478 e. The average molecular weight is 457 g/mol. The molecule has 0 radical (unpaired) electrons. The van der Waals surface area contributed by atoms with Crippen molar-refractivity contribution in [2.75, 3.05) is 0 Å². The summed E-state index contributed by atoms with van der Waals surface area (Å²) in [5, 5.41) is 33.6. The van der Waals surface area contributed by atoms with Crippen molar-refractivity contribution in [1.29, 1.82) is 0 Å². The predicted octanol–water partition coefficient (Wildman–Crippen LogP) is 6.45. The van der Waals surface area contributed by atoms with Crippen LogP contribution < -0.4 is 0 Å². The first-order chi connectivity index (χ1) is 14.5. The summed E-state index contributed by atoms with van der Waals surface area (Å²) in [5.41, 5.74) is 2.26. The van der Waals surface area contributed by atoms with Crippen molar-refractivity contribution in [2.24, 2.45) is 16.7 Å². The molecule has 4 heteroatoms. The summed E-state index contributed by atoms with van der Waals surface area (Å²) >= 11 is 0. The molecule has 1 aliphatic carbocycles. The monoisotopic (exact) mass is 456 g/mol. The minimum atomic E-state index is -2.19. The van der Waals surface area contributed by atoms with E-state index >= 15 is 0 Å². The summed E-state index contributed by atoms with van der Waals surface area (Å²) in [6.45, 7) is 24.2. The van der Waals surface area contributed by atoms with Crippen LogP contribution in [0, 0.1) is 16.7 Å². The number of benzene rings is 1. The van der Waals surface area contributed by atoms with E-state index in [0.29, 0.717) is 11.1 Å². The highest BCUT2D eigenvalue weighted by Crippen LogP contribution is 2.54. The van der Waals surface area contributed by atoms with Gasteiger partial charge in [-0.3, -0.25) is 0 Å². The molecular weight excluding hydrogens is 412 g/mol. The predicted molar refractivity (Wildman–Crippen MR) is 136 cm³/mol. The summed E-state index contributed by atoms with van der Waals surface area (Å²) in [7, 11) is 0. The van der Waals surface area contributed by atoms with Crippen molar-refractivity contribution in [3.63, 3.8) is 0 Å². The molecule has 1 aliphatic rings. The molecular formula is C29H44O4. The van der Waals surface area contributed by atoms with E-state index in [0.717, 1.165) is 16.7 Å². The summed E-state index contributed by atoms with van der Waals surface area (Å²) in [6, 6.07) is 6.17. The first kappa shape index (κ1) is 27.3. The smallest absolute Gasteiger partial charge is 0.336 e. The maximum absolute atomic E-state index is 12.6. The Morgan fingerprint density at radius 2 is 1.33 bits per heavy atom. The van der Waals surface area contributed by atoms with Crippen LogP contribution >= 0.6 is 0 Å². The second-order valence-electron chi connectivity index (χ2n) is 13.7. The topological polar surface area (TPSA) is 77.8 Å². The fraction of sp³-hybridized carbons (Fsp3) is 0.621. The molecule has 1 aromatic rings. The molecule has 0 aromatic heterocycles. The Labute approximate surface area is 200 Å². The fourth-order valence-electron chi connectivity index (χ4n) is 4.99. The van der Waals surface area contributed by atoms with Crippen LogP contribution in [0.1, 0.15) is 99.8 Å². The van der Waals surface area contributed by atoms with Gasteiger partial charge in [-0.15, -0.1) is 0 Å². The highest BCUT2D eigenvalue weighted by Gasteiger charge is 2.53. The lowest BCUT2D eigenvalue weighted by atomic mass is 9.59. The van der Waals surface area contributed by atoms with E-state index in [1.807, 2.05) is 53.7 Å². The van der Waals surface area contributed by atoms with E-state index in [4.69, 9.17) is 0 Å². The van der Waals surface area contributed by atoms with Gasteiger partial charge in [-0.1, -0.05) is 101 Å². The molecule has 0 heterocycles. The molecule has 0 saturated carbocycles. The van der Waals surface area contributed by atoms with Gasteiger partial charge >= 0.3 is 5.97 Å². The fourth-order valence-corrected chi connectivity index (χ4v) is 4.99. The van der Waals surface area contributed by atoms with Crippen molar-refractivity contribution < 1.29 is 20.1 Å². The molecule has 4 nitrogen and oxygen atoms in total. The minimum absolute atomic E-state index is 0.0739. The lowest BCUT2D eigenvalue weighted by Crippen LogP contribution is -2.51. The number of hydrogen-bond donors (Lipinski definition) is 3. The van der Waals surface area contributed by atoms with E-state index < -0.39 is 28.5 Å². The Morgan fingerprint density at radius 1 is 0.818 bits per heavy atom. The lowest BCUT2D eigenvalue weighted by Gasteiger charge is -2.49. The molecule has 0 spiro atoms. The van der Waals surface area contributed by atoms with Gasteiger partial charge in [0, 0.05) is 5.92 Å². The van der Waals surface area contributed by atoms with Crippen molar-refractivity contribution in [3.05, 3.63) is 52.1 Å². The SMILES string of the molecule is CC(C)(C)C1=CC(C(=O)O)=C(c2ccc(C(C)(C)C)cc2C(C)(C)C)C(C(C)(C)C)C1(O)O. The molecule has 0 fully saturated rings. The summed E-state index contributed by atoms with van der Waals surface area (Å²) in [5.74, 6) is -4.09. The van der Waals surface area contributed by atoms with Gasteiger partial charge < -0.3 is 15.3 Å². The minimum Gasteiger partial charge on any atom is -0.478 e. The molecule has 1 atom stereocenters. The van der Waals surface area contributed by atoms with Gasteiger partial charge in [-0.05, 0) is 55.6 Å². The van der Waals surface area contributed by atoms with Gasteiger partial charge in [-0.25, -0.2) is 4.79 Å². The van der Waals surface area contributed by atoms with Crippen LogP contribution in [-0.2, 0) is 15.6 Å². The van der Waals surface area contributed by atoms with Gasteiger partial charge in [0.1, 0.15) is 0 Å². The van der Waals surface area contributed by atoms with Crippen molar-refractivity contribution in [2.45, 2.75) is 99.7 Å². The number of aliphatic carboxylic acids is 1. The van der Waals surface area contributed by atoms with Crippen LogP contribution in [0.4, 0.5) is 0 Å². The number of carboxylic acid groups (broad SMARTS) is 1. The highest BCUT2D eigenvalue weighted by atomic mass is 16.5. The first-order valence-corrected chi connectivity index (χ1v) is 11.8. The Morgan fingerprint density at radius 3 is 1.70 bits per heavy atom. The zero-order valence-electron chi connectivity index (χ0n) is 22.6. The zero-order chi connectivity index (χ0) is 25.9. The maximum Gasteiger partial charge on any atom is 0.336 e. The number of aliphatic hydroxyl groups is 2. The summed E-state index contributed by atoms with van der Waals surface area (Å²) in [4.78, 5) is 12.6. The summed E-state index contributed by atoms with van der Waals surface area (Å²) < 4.78 is 0. The van der Waals surface area contributed by atoms with Gasteiger partial charge in [0.05, 0.1) is 5.57 Å². The van der Waals surface area contributed by atoms with Crippen LogP contribution in [-0.4, -0.2) is 27.1 Å². The van der Waals surface area contributed by atoms with Crippen LogP contribution in [0.2, 0.25) is 0 Å². The van der Waals surface area contributed by atoms with Crippen LogP contribution in [0.15, 0.2) is 35.4 Å². The van der Waals surface area contributed by atoms with E-state index in [1.165, 1.54) is 6.08 Å². The van der Waals surface area contributed by atoms with Gasteiger partial charge in [0.25, 0.3) is 0 Å². The second-order valence-corrected chi connectivity index (χ2v) is 13.7. The molecule has 0 saturated heterocycles. The molecule has 1 aromatic carbocycles. The van der Waals surface area contributed by atoms with E-state index in [-0.39, 0.29) is 16.4 Å². The molecule has 184 valence electrons. The summed E-state index contributed by atoms with van der Waals surface area (Å²) in [6.07, 6.45) is 1.49. The molecule has 2 rings (SSSR count). The lowest BCUT2D eigenvalue weighted by molar-refractivity contribution is -0.185. The Hall–Kier alpha value is -1.91. The average Bonchev–Trinajstić information content (AvgIpc) is 2.55. The number of carboxylic acids is 1. The highest BCUT2D eigenvalue weighted by molar-refractivity contribution is 6.02. The van der Waals surface area contributed by atoms with Crippen molar-refractivity contribution in [1.82, 2.24) is 0 Å². The normalized spacial score (nSPS) is 20.1. The third-order valence-corrected chi connectivity index (χ3v) is 6.55. The second kappa shape index (κ2) is 8.09. The molecule has 1 unspecified atom stereocenters.